The van der Waals surface area contributed by atoms with Crippen LogP contribution >= 0.6 is 0 Å². The Bertz CT molecular complexity index is 927. The fourth-order valence-electron chi connectivity index (χ4n) is 4.60. The van der Waals surface area contributed by atoms with Gasteiger partial charge in [0.15, 0.2) is 0 Å². The van der Waals surface area contributed by atoms with E-state index in [1.54, 1.807) is 18.2 Å². The zero-order valence-corrected chi connectivity index (χ0v) is 18.3. The van der Waals surface area contributed by atoms with Crippen molar-refractivity contribution in [2.45, 2.75) is 56.4 Å². The lowest BCUT2D eigenvalue weighted by Crippen LogP contribution is -2.57. The summed E-state index contributed by atoms with van der Waals surface area (Å²) in [6.45, 7) is 4.23. The molecule has 2 saturated heterocycles. The van der Waals surface area contributed by atoms with Crippen LogP contribution in [0.2, 0.25) is 0 Å². The van der Waals surface area contributed by atoms with Crippen LogP contribution in [0.5, 0.6) is 0 Å². The molecule has 0 spiro atoms. The Morgan fingerprint density at radius 1 is 1.10 bits per heavy atom. The molecule has 0 saturated carbocycles. The van der Waals surface area contributed by atoms with Crippen LogP contribution in [0.15, 0.2) is 23.1 Å². The first-order valence-corrected chi connectivity index (χ1v) is 12.4. The van der Waals surface area contributed by atoms with Crippen LogP contribution in [0.25, 0.3) is 0 Å². The zero-order chi connectivity index (χ0) is 21.3. The summed E-state index contributed by atoms with van der Waals surface area (Å²) < 4.78 is 27.7. The average Bonchev–Trinajstić information content (AvgIpc) is 3.30. The van der Waals surface area contributed by atoms with E-state index < -0.39 is 10.0 Å². The van der Waals surface area contributed by atoms with Gasteiger partial charge in [0.2, 0.25) is 21.8 Å². The number of carbonyl (C=O) groups is 2. The Morgan fingerprint density at radius 2 is 1.83 bits per heavy atom. The van der Waals surface area contributed by atoms with Gasteiger partial charge in [-0.1, -0.05) is 6.92 Å². The molecule has 30 heavy (non-hydrogen) atoms. The van der Waals surface area contributed by atoms with E-state index in [-0.39, 0.29) is 29.3 Å². The third kappa shape index (κ3) is 3.80. The highest BCUT2D eigenvalue weighted by Gasteiger charge is 2.41. The Hall–Kier alpha value is -2.13. The summed E-state index contributed by atoms with van der Waals surface area (Å²) in [5.41, 5.74) is 1.35. The number of carbonyl (C=O) groups excluding carboxylic acids is 2. The number of piperidine rings is 1. The molecule has 2 fully saturated rings. The largest absolute Gasteiger partial charge is 0.358 e. The number of hydrogen-bond donors (Lipinski definition) is 1. The van der Waals surface area contributed by atoms with E-state index >= 15 is 0 Å². The minimum atomic E-state index is -3.61. The Kier molecular flexibility index (Phi) is 6.02. The molecule has 8 nitrogen and oxygen atoms in total. The second-order valence-corrected chi connectivity index (χ2v) is 10.2. The quantitative estimate of drug-likeness (QED) is 0.736. The highest BCUT2D eigenvalue weighted by Crippen LogP contribution is 2.41. The van der Waals surface area contributed by atoms with E-state index in [1.165, 1.54) is 9.21 Å². The van der Waals surface area contributed by atoms with E-state index in [9.17, 15) is 18.0 Å². The van der Waals surface area contributed by atoms with Crippen molar-refractivity contribution in [3.05, 3.63) is 18.2 Å². The van der Waals surface area contributed by atoms with Gasteiger partial charge in [-0.05, 0) is 56.7 Å². The number of fused-ring (bicyclic) bond motifs is 3. The zero-order valence-electron chi connectivity index (χ0n) is 17.5. The lowest BCUT2D eigenvalue weighted by Gasteiger charge is -2.45. The Labute approximate surface area is 178 Å². The van der Waals surface area contributed by atoms with Crippen LogP contribution in [0, 0.1) is 0 Å². The molecule has 0 aromatic heterocycles. The highest BCUT2D eigenvalue weighted by atomic mass is 32.2. The molecule has 3 aliphatic rings. The first-order valence-electron chi connectivity index (χ1n) is 10.9. The molecule has 0 unspecified atom stereocenters. The molecule has 0 radical (unpaired) electrons. The average molecular weight is 435 g/mol. The molecule has 3 aliphatic heterocycles. The van der Waals surface area contributed by atoms with Gasteiger partial charge in [0.25, 0.3) is 0 Å². The van der Waals surface area contributed by atoms with Gasteiger partial charge < -0.3 is 10.2 Å². The monoisotopic (exact) mass is 434 g/mol. The van der Waals surface area contributed by atoms with Gasteiger partial charge in [0, 0.05) is 26.2 Å². The lowest BCUT2D eigenvalue weighted by atomic mass is 9.96. The van der Waals surface area contributed by atoms with Gasteiger partial charge >= 0.3 is 0 Å². The van der Waals surface area contributed by atoms with Crippen LogP contribution in [0.1, 0.15) is 45.4 Å². The first-order chi connectivity index (χ1) is 14.4. The maximum Gasteiger partial charge on any atom is 0.250 e. The van der Waals surface area contributed by atoms with Crippen molar-refractivity contribution in [2.24, 2.45) is 0 Å². The second kappa shape index (κ2) is 8.55. The molecular formula is C21H30N4O4S. The van der Waals surface area contributed by atoms with Gasteiger partial charge in [-0.25, -0.2) is 8.42 Å². The van der Waals surface area contributed by atoms with Gasteiger partial charge in [0.05, 0.1) is 16.3 Å². The maximum atomic E-state index is 13.3. The van der Waals surface area contributed by atoms with Crippen molar-refractivity contribution in [1.29, 1.82) is 0 Å². The summed E-state index contributed by atoms with van der Waals surface area (Å²) in [6.07, 6.45) is 5.25. The summed E-state index contributed by atoms with van der Waals surface area (Å²) >= 11 is 0. The molecule has 9 heteroatoms. The van der Waals surface area contributed by atoms with Gasteiger partial charge in [-0.15, -0.1) is 0 Å². The first kappa shape index (κ1) is 21.1. The summed E-state index contributed by atoms with van der Waals surface area (Å²) in [5, 5.41) is 2.82. The molecule has 1 atom stereocenters. The molecule has 3 heterocycles. The minimum absolute atomic E-state index is 0.0939. The van der Waals surface area contributed by atoms with E-state index in [0.717, 1.165) is 50.8 Å². The third-order valence-electron chi connectivity index (χ3n) is 6.18. The van der Waals surface area contributed by atoms with Crippen LogP contribution in [0.4, 0.5) is 11.4 Å². The second-order valence-electron chi connectivity index (χ2n) is 8.24. The number of benzene rings is 1. The number of hydrogen-bond acceptors (Lipinski definition) is 5. The van der Waals surface area contributed by atoms with Crippen molar-refractivity contribution in [2.75, 3.05) is 42.5 Å². The van der Waals surface area contributed by atoms with Crippen molar-refractivity contribution in [3.63, 3.8) is 0 Å². The van der Waals surface area contributed by atoms with Crippen LogP contribution < -0.4 is 15.1 Å². The topological polar surface area (TPSA) is 90.0 Å². The summed E-state index contributed by atoms with van der Waals surface area (Å²) in [6, 6.07) is 4.74. The summed E-state index contributed by atoms with van der Waals surface area (Å²) in [5.74, 6) is -0.349. The number of anilines is 2. The van der Waals surface area contributed by atoms with Crippen molar-refractivity contribution >= 4 is 33.2 Å². The summed E-state index contributed by atoms with van der Waals surface area (Å²) in [4.78, 5) is 29.5. The number of rotatable bonds is 6. The van der Waals surface area contributed by atoms with Gasteiger partial charge in [-0.2, -0.15) is 4.31 Å². The van der Waals surface area contributed by atoms with E-state index in [0.29, 0.717) is 25.3 Å². The van der Waals surface area contributed by atoms with E-state index in [4.69, 9.17) is 0 Å². The standard InChI is InChI=1S/C21H30N4O4S/c1-2-10-22-20(26)15-25-19-14-16(30(28,29)23-11-5-6-12-23)8-9-17(19)24-13-4-3-7-18(24)21(25)27/h8-9,14,18H,2-7,10-13,15H2,1H3,(H,22,26)/t18-/m0/s1. The molecule has 1 N–H and O–H groups in total. The predicted octanol–water partition coefficient (Wildman–Crippen LogP) is 1.70. The predicted molar refractivity (Wildman–Crippen MR) is 115 cm³/mol. The van der Waals surface area contributed by atoms with Crippen LogP contribution in [-0.2, 0) is 19.6 Å². The van der Waals surface area contributed by atoms with Gasteiger partial charge in [-0.3, -0.25) is 14.5 Å². The number of sulfonamides is 1. The molecular weight excluding hydrogens is 404 g/mol. The van der Waals surface area contributed by atoms with Crippen molar-refractivity contribution < 1.29 is 18.0 Å². The lowest BCUT2D eigenvalue weighted by molar-refractivity contribution is -0.125. The normalized spacial score (nSPS) is 22.0. The SMILES string of the molecule is CCCNC(=O)CN1C(=O)[C@@H]2CCCCN2c2ccc(S(=O)(=O)N3CCCC3)cc21. The molecule has 0 bridgehead atoms. The highest BCUT2D eigenvalue weighted by molar-refractivity contribution is 7.89. The van der Waals surface area contributed by atoms with Crippen molar-refractivity contribution in [1.82, 2.24) is 9.62 Å². The minimum Gasteiger partial charge on any atom is -0.358 e. The van der Waals surface area contributed by atoms with Crippen molar-refractivity contribution in [3.8, 4) is 0 Å². The Morgan fingerprint density at radius 3 is 2.57 bits per heavy atom. The molecule has 1 aromatic carbocycles. The number of nitrogens with one attached hydrogen (secondary N) is 1. The maximum absolute atomic E-state index is 13.3. The fraction of sp³-hybridized carbons (Fsp3) is 0.619. The summed E-state index contributed by atoms with van der Waals surface area (Å²) in [7, 11) is -3.61. The molecule has 4 rings (SSSR count). The molecule has 1 aromatic rings. The number of nitrogens with zero attached hydrogens (tertiary/aromatic N) is 3. The number of amides is 2. The smallest absolute Gasteiger partial charge is 0.250 e. The van der Waals surface area contributed by atoms with Gasteiger partial charge in [0.1, 0.15) is 12.6 Å². The molecule has 2 amide bonds. The van der Waals surface area contributed by atoms with Crippen LogP contribution in [0.3, 0.4) is 0 Å². The fourth-order valence-corrected chi connectivity index (χ4v) is 6.14. The Balaban J connectivity index is 1.72. The molecule has 164 valence electrons. The van der Waals surface area contributed by atoms with Crippen LogP contribution in [-0.4, -0.2) is 63.3 Å². The van der Waals surface area contributed by atoms with E-state index in [2.05, 4.69) is 10.2 Å². The third-order valence-corrected chi connectivity index (χ3v) is 8.07. The molecule has 0 aliphatic carbocycles. The van der Waals surface area contributed by atoms with E-state index in [1.807, 2.05) is 6.92 Å².